The summed E-state index contributed by atoms with van der Waals surface area (Å²) in [5, 5.41) is 1.87. The van der Waals surface area contributed by atoms with Crippen LogP contribution in [0, 0.1) is 0 Å². The van der Waals surface area contributed by atoms with Gasteiger partial charge in [0.15, 0.2) is 0 Å². The topological polar surface area (TPSA) is 46.2 Å². The van der Waals surface area contributed by atoms with Gasteiger partial charge >= 0.3 is 0 Å². The summed E-state index contributed by atoms with van der Waals surface area (Å²) < 4.78 is 28.4. The van der Waals surface area contributed by atoms with E-state index in [1.807, 2.05) is 36.4 Å². The summed E-state index contributed by atoms with van der Waals surface area (Å²) in [6.07, 6.45) is 0. The average Bonchev–Trinajstić information content (AvgIpc) is 2.48. The summed E-state index contributed by atoms with van der Waals surface area (Å²) in [5.74, 6) is 0. The van der Waals surface area contributed by atoms with Gasteiger partial charge in [-0.15, -0.1) is 0 Å². The summed E-state index contributed by atoms with van der Waals surface area (Å²) in [6.45, 7) is 0. The van der Waals surface area contributed by atoms with E-state index in [4.69, 9.17) is 0 Å². The van der Waals surface area contributed by atoms with Crippen LogP contribution in [0.25, 0.3) is 10.8 Å². The van der Waals surface area contributed by atoms with E-state index in [1.165, 1.54) is 0 Å². The largest absolute Gasteiger partial charge is 0.279 e. The Hall–Kier alpha value is -1.85. The summed E-state index contributed by atoms with van der Waals surface area (Å²) in [7, 11) is -3.59. The number of halogens is 1. The Morgan fingerprint density at radius 3 is 2.24 bits per heavy atom. The Morgan fingerprint density at radius 1 is 0.810 bits per heavy atom. The third kappa shape index (κ3) is 2.94. The smallest absolute Gasteiger partial charge is 0.261 e. The number of anilines is 1. The molecular weight excluding hydrogens is 350 g/mol. The van der Waals surface area contributed by atoms with Gasteiger partial charge in [0.25, 0.3) is 10.0 Å². The summed E-state index contributed by atoms with van der Waals surface area (Å²) >= 11 is 3.30. The molecule has 5 heteroatoms. The molecule has 21 heavy (non-hydrogen) atoms. The van der Waals surface area contributed by atoms with E-state index in [2.05, 4.69) is 20.7 Å². The van der Waals surface area contributed by atoms with Gasteiger partial charge in [0.1, 0.15) is 0 Å². The lowest BCUT2D eigenvalue weighted by molar-refractivity contribution is 0.601. The molecule has 0 radical (unpaired) electrons. The molecule has 0 fully saturated rings. The van der Waals surface area contributed by atoms with E-state index in [0.717, 1.165) is 15.2 Å². The first kappa shape index (κ1) is 14.1. The third-order valence-corrected chi connectivity index (χ3v) is 5.07. The molecule has 3 nitrogen and oxygen atoms in total. The van der Waals surface area contributed by atoms with Crippen molar-refractivity contribution in [2.75, 3.05) is 4.72 Å². The van der Waals surface area contributed by atoms with Crippen molar-refractivity contribution in [3.8, 4) is 0 Å². The standard InChI is InChI=1S/C16H12BrNO2S/c17-13-8-10-14(11-9-13)21(19,20)18-16-7-3-5-12-4-1-2-6-15(12)16/h1-11,18H. The van der Waals surface area contributed by atoms with Gasteiger partial charge in [-0.05, 0) is 35.7 Å². The van der Waals surface area contributed by atoms with Crippen LogP contribution in [-0.4, -0.2) is 8.42 Å². The summed E-state index contributed by atoms with van der Waals surface area (Å²) in [4.78, 5) is 0.235. The molecule has 0 heterocycles. The molecule has 3 aromatic rings. The quantitative estimate of drug-likeness (QED) is 0.751. The van der Waals surface area contributed by atoms with E-state index in [1.54, 1.807) is 30.3 Å². The molecule has 1 N–H and O–H groups in total. The van der Waals surface area contributed by atoms with Crippen LogP contribution in [-0.2, 0) is 10.0 Å². The predicted molar refractivity (Wildman–Crippen MR) is 88.9 cm³/mol. The van der Waals surface area contributed by atoms with Crippen LogP contribution in [0.4, 0.5) is 5.69 Å². The van der Waals surface area contributed by atoms with E-state index >= 15 is 0 Å². The van der Waals surface area contributed by atoms with Crippen molar-refractivity contribution in [2.45, 2.75) is 4.90 Å². The molecule has 0 saturated carbocycles. The maximum Gasteiger partial charge on any atom is 0.261 e. The van der Waals surface area contributed by atoms with Crippen LogP contribution >= 0.6 is 15.9 Å². The van der Waals surface area contributed by atoms with Crippen LogP contribution in [0.5, 0.6) is 0 Å². The highest BCUT2D eigenvalue weighted by molar-refractivity contribution is 9.10. The maximum absolute atomic E-state index is 12.4. The SMILES string of the molecule is O=S(=O)(Nc1cccc2ccccc12)c1ccc(Br)cc1. The molecule has 0 atom stereocenters. The van der Waals surface area contributed by atoms with Gasteiger partial charge < -0.3 is 0 Å². The molecule has 0 aliphatic carbocycles. The zero-order valence-electron chi connectivity index (χ0n) is 11.0. The molecule has 0 spiro atoms. The first-order chi connectivity index (χ1) is 10.1. The lowest BCUT2D eigenvalue weighted by Gasteiger charge is -2.10. The van der Waals surface area contributed by atoms with Crippen molar-refractivity contribution in [1.82, 2.24) is 0 Å². The fourth-order valence-electron chi connectivity index (χ4n) is 2.13. The number of hydrogen-bond donors (Lipinski definition) is 1. The lowest BCUT2D eigenvalue weighted by Crippen LogP contribution is -2.13. The van der Waals surface area contributed by atoms with Gasteiger partial charge in [0, 0.05) is 9.86 Å². The number of sulfonamides is 1. The van der Waals surface area contributed by atoms with Gasteiger partial charge in [-0.1, -0.05) is 52.3 Å². The normalized spacial score (nSPS) is 11.5. The molecule has 3 rings (SSSR count). The minimum atomic E-state index is -3.59. The highest BCUT2D eigenvalue weighted by Crippen LogP contribution is 2.25. The third-order valence-electron chi connectivity index (χ3n) is 3.16. The molecule has 0 aromatic heterocycles. The van der Waals surface area contributed by atoms with Crippen LogP contribution in [0.3, 0.4) is 0 Å². The monoisotopic (exact) mass is 361 g/mol. The number of fused-ring (bicyclic) bond motifs is 1. The molecule has 0 aliphatic heterocycles. The van der Waals surface area contributed by atoms with E-state index in [0.29, 0.717) is 5.69 Å². The maximum atomic E-state index is 12.4. The van der Waals surface area contributed by atoms with Gasteiger partial charge in [-0.3, -0.25) is 4.72 Å². The van der Waals surface area contributed by atoms with Gasteiger partial charge in [-0.2, -0.15) is 0 Å². The summed E-state index contributed by atoms with van der Waals surface area (Å²) in [5.41, 5.74) is 0.580. The molecule has 106 valence electrons. The minimum Gasteiger partial charge on any atom is -0.279 e. The Kier molecular flexibility index (Phi) is 3.69. The minimum absolute atomic E-state index is 0.235. The molecule has 0 bridgehead atoms. The highest BCUT2D eigenvalue weighted by atomic mass is 79.9. The Morgan fingerprint density at radius 2 is 1.48 bits per heavy atom. The number of hydrogen-bond acceptors (Lipinski definition) is 2. The zero-order valence-corrected chi connectivity index (χ0v) is 13.4. The lowest BCUT2D eigenvalue weighted by atomic mass is 10.1. The van der Waals surface area contributed by atoms with Crippen LogP contribution in [0.2, 0.25) is 0 Å². The van der Waals surface area contributed by atoms with Crippen LogP contribution in [0.1, 0.15) is 0 Å². The second kappa shape index (κ2) is 5.50. The van der Waals surface area contributed by atoms with Crippen molar-refractivity contribution in [3.05, 3.63) is 71.2 Å². The van der Waals surface area contributed by atoms with Crippen LogP contribution in [0.15, 0.2) is 76.1 Å². The van der Waals surface area contributed by atoms with Crippen molar-refractivity contribution in [2.24, 2.45) is 0 Å². The second-order valence-corrected chi connectivity index (χ2v) is 7.18. The fraction of sp³-hybridized carbons (Fsp3) is 0. The Labute approximate surface area is 131 Å². The number of nitrogens with one attached hydrogen (secondary N) is 1. The highest BCUT2D eigenvalue weighted by Gasteiger charge is 2.15. The molecule has 0 amide bonds. The molecule has 0 unspecified atom stereocenters. The van der Waals surface area contributed by atoms with E-state index < -0.39 is 10.0 Å². The fourth-order valence-corrected chi connectivity index (χ4v) is 3.48. The number of benzene rings is 3. The van der Waals surface area contributed by atoms with Crippen LogP contribution < -0.4 is 4.72 Å². The van der Waals surface area contributed by atoms with E-state index in [9.17, 15) is 8.42 Å². The van der Waals surface area contributed by atoms with Crippen molar-refractivity contribution in [1.29, 1.82) is 0 Å². The molecule has 0 aliphatic rings. The molecule has 3 aromatic carbocycles. The van der Waals surface area contributed by atoms with E-state index in [-0.39, 0.29) is 4.90 Å². The number of rotatable bonds is 3. The van der Waals surface area contributed by atoms with Gasteiger partial charge in [0.05, 0.1) is 10.6 Å². The van der Waals surface area contributed by atoms with Gasteiger partial charge in [-0.25, -0.2) is 8.42 Å². The first-order valence-electron chi connectivity index (χ1n) is 6.32. The average molecular weight is 362 g/mol. The molecular formula is C16H12BrNO2S. The Bertz CT molecular complexity index is 884. The second-order valence-electron chi connectivity index (χ2n) is 4.59. The van der Waals surface area contributed by atoms with Crippen molar-refractivity contribution in [3.63, 3.8) is 0 Å². The predicted octanol–water partition coefficient (Wildman–Crippen LogP) is 4.40. The molecule has 0 saturated heterocycles. The van der Waals surface area contributed by atoms with Gasteiger partial charge in [0.2, 0.25) is 0 Å². The van der Waals surface area contributed by atoms with Crippen molar-refractivity contribution < 1.29 is 8.42 Å². The first-order valence-corrected chi connectivity index (χ1v) is 8.60. The Balaban J connectivity index is 2.03. The summed E-state index contributed by atoms with van der Waals surface area (Å²) in [6, 6.07) is 19.8. The van der Waals surface area contributed by atoms with Crippen molar-refractivity contribution >= 4 is 42.4 Å². The zero-order chi connectivity index (χ0) is 14.9.